The van der Waals surface area contributed by atoms with E-state index >= 15 is 0 Å². The quantitative estimate of drug-likeness (QED) is 0.868. The second-order valence-electron chi connectivity index (χ2n) is 5.70. The van der Waals surface area contributed by atoms with Gasteiger partial charge < -0.3 is 5.32 Å². The van der Waals surface area contributed by atoms with Gasteiger partial charge in [0.2, 0.25) is 0 Å². The van der Waals surface area contributed by atoms with E-state index in [1.807, 2.05) is 0 Å². The van der Waals surface area contributed by atoms with Crippen molar-refractivity contribution in [3.63, 3.8) is 0 Å². The summed E-state index contributed by atoms with van der Waals surface area (Å²) in [5.74, 6) is 0.910. The molecule has 18 heavy (non-hydrogen) atoms. The zero-order chi connectivity index (χ0) is 13.0. The van der Waals surface area contributed by atoms with Crippen molar-refractivity contribution in [2.24, 2.45) is 5.92 Å². The predicted molar refractivity (Wildman–Crippen MR) is 75.7 cm³/mol. The van der Waals surface area contributed by atoms with Gasteiger partial charge in [0.15, 0.2) is 0 Å². The molecule has 0 saturated carbocycles. The van der Waals surface area contributed by atoms with Crippen LogP contribution in [0.1, 0.15) is 58.2 Å². The summed E-state index contributed by atoms with van der Waals surface area (Å²) in [5, 5.41) is 8.34. The van der Waals surface area contributed by atoms with E-state index in [-0.39, 0.29) is 0 Å². The smallest absolute Gasteiger partial charge is 0.0640 e. The van der Waals surface area contributed by atoms with Gasteiger partial charge in [-0.25, -0.2) is 0 Å². The van der Waals surface area contributed by atoms with Gasteiger partial charge in [-0.3, -0.25) is 4.68 Å². The highest BCUT2D eigenvalue weighted by molar-refractivity contribution is 5.03. The van der Waals surface area contributed by atoms with Crippen molar-refractivity contribution in [3.8, 4) is 0 Å². The van der Waals surface area contributed by atoms with Crippen LogP contribution in [0.2, 0.25) is 0 Å². The number of hydrogen-bond donors (Lipinski definition) is 1. The van der Waals surface area contributed by atoms with Crippen molar-refractivity contribution in [2.45, 2.75) is 65.0 Å². The van der Waals surface area contributed by atoms with E-state index in [2.05, 4.69) is 43.0 Å². The molecule has 0 bridgehead atoms. The van der Waals surface area contributed by atoms with Crippen LogP contribution in [0.25, 0.3) is 0 Å². The molecular formula is C15H27N3. The van der Waals surface area contributed by atoms with Crippen molar-refractivity contribution in [3.05, 3.63) is 18.0 Å². The molecule has 0 spiro atoms. The van der Waals surface area contributed by atoms with Crippen LogP contribution in [0.3, 0.4) is 0 Å². The van der Waals surface area contributed by atoms with Gasteiger partial charge in [-0.2, -0.15) is 5.10 Å². The fraction of sp³-hybridized carbons (Fsp3) is 0.800. The summed E-state index contributed by atoms with van der Waals surface area (Å²) in [5.41, 5.74) is 1.24. The third-order valence-electron chi connectivity index (χ3n) is 4.34. The molecule has 0 aliphatic carbocycles. The van der Waals surface area contributed by atoms with Gasteiger partial charge >= 0.3 is 0 Å². The van der Waals surface area contributed by atoms with Crippen molar-refractivity contribution < 1.29 is 0 Å². The lowest BCUT2D eigenvalue weighted by molar-refractivity contribution is 0.292. The van der Waals surface area contributed by atoms with Gasteiger partial charge in [-0.05, 0) is 44.7 Å². The summed E-state index contributed by atoms with van der Waals surface area (Å²) >= 11 is 0. The van der Waals surface area contributed by atoms with Crippen LogP contribution in [0.15, 0.2) is 12.3 Å². The minimum atomic E-state index is 0.515. The second-order valence-corrected chi connectivity index (χ2v) is 5.70. The second kappa shape index (κ2) is 6.37. The number of nitrogens with zero attached hydrogens (tertiary/aromatic N) is 2. The SMILES string of the molecule is CCC1CCNC(Cc2ccn(C(C)CC)n2)C1. The first-order chi connectivity index (χ1) is 8.72. The summed E-state index contributed by atoms with van der Waals surface area (Å²) < 4.78 is 2.11. The highest BCUT2D eigenvalue weighted by Gasteiger charge is 2.21. The summed E-state index contributed by atoms with van der Waals surface area (Å²) in [6.45, 7) is 7.92. The van der Waals surface area contributed by atoms with Crippen LogP contribution in [0.4, 0.5) is 0 Å². The monoisotopic (exact) mass is 249 g/mol. The van der Waals surface area contributed by atoms with Crippen molar-refractivity contribution >= 4 is 0 Å². The molecule has 3 unspecified atom stereocenters. The molecule has 0 aromatic carbocycles. The number of hydrogen-bond acceptors (Lipinski definition) is 2. The average molecular weight is 249 g/mol. The molecule has 1 aliphatic rings. The van der Waals surface area contributed by atoms with Gasteiger partial charge in [0.25, 0.3) is 0 Å². The van der Waals surface area contributed by atoms with E-state index in [0.29, 0.717) is 12.1 Å². The molecule has 0 radical (unpaired) electrons. The van der Waals surface area contributed by atoms with Crippen LogP contribution >= 0.6 is 0 Å². The fourth-order valence-electron chi connectivity index (χ4n) is 2.79. The Balaban J connectivity index is 1.90. The molecule has 1 fully saturated rings. The molecule has 1 aliphatic heterocycles. The fourth-order valence-corrected chi connectivity index (χ4v) is 2.79. The maximum absolute atomic E-state index is 4.70. The molecule has 2 heterocycles. The van der Waals surface area contributed by atoms with E-state index < -0.39 is 0 Å². The zero-order valence-electron chi connectivity index (χ0n) is 12.0. The molecule has 3 heteroatoms. The number of nitrogens with one attached hydrogen (secondary N) is 1. The van der Waals surface area contributed by atoms with E-state index in [1.54, 1.807) is 0 Å². The summed E-state index contributed by atoms with van der Waals surface area (Å²) in [6, 6.07) is 3.33. The summed E-state index contributed by atoms with van der Waals surface area (Å²) in [7, 11) is 0. The van der Waals surface area contributed by atoms with E-state index in [1.165, 1.54) is 31.5 Å². The van der Waals surface area contributed by atoms with Crippen molar-refractivity contribution in [1.29, 1.82) is 0 Å². The average Bonchev–Trinajstić information content (AvgIpc) is 2.86. The first-order valence-corrected chi connectivity index (χ1v) is 7.50. The van der Waals surface area contributed by atoms with E-state index in [4.69, 9.17) is 5.10 Å². The largest absolute Gasteiger partial charge is 0.314 e. The normalized spacial score (nSPS) is 26.2. The Morgan fingerprint density at radius 3 is 3.06 bits per heavy atom. The van der Waals surface area contributed by atoms with Crippen molar-refractivity contribution in [1.82, 2.24) is 15.1 Å². The first-order valence-electron chi connectivity index (χ1n) is 7.50. The van der Waals surface area contributed by atoms with Crippen LogP contribution < -0.4 is 5.32 Å². The minimum Gasteiger partial charge on any atom is -0.314 e. The Kier molecular flexibility index (Phi) is 4.81. The third-order valence-corrected chi connectivity index (χ3v) is 4.34. The maximum Gasteiger partial charge on any atom is 0.0640 e. The Hall–Kier alpha value is -0.830. The number of rotatable bonds is 5. The third kappa shape index (κ3) is 3.35. The topological polar surface area (TPSA) is 29.9 Å². The Bertz CT molecular complexity index is 358. The Morgan fingerprint density at radius 1 is 1.50 bits per heavy atom. The van der Waals surface area contributed by atoms with Crippen LogP contribution in [0, 0.1) is 5.92 Å². The Labute approximate surface area is 111 Å². The van der Waals surface area contributed by atoms with Gasteiger partial charge in [-0.1, -0.05) is 20.3 Å². The molecule has 1 N–H and O–H groups in total. The lowest BCUT2D eigenvalue weighted by Gasteiger charge is -2.29. The summed E-state index contributed by atoms with van der Waals surface area (Å²) in [6.07, 6.45) is 8.32. The van der Waals surface area contributed by atoms with Gasteiger partial charge in [-0.15, -0.1) is 0 Å². The van der Waals surface area contributed by atoms with Crippen LogP contribution in [0.5, 0.6) is 0 Å². The first kappa shape index (κ1) is 13.6. The highest BCUT2D eigenvalue weighted by Crippen LogP contribution is 2.21. The molecule has 2 rings (SSSR count). The molecule has 3 nitrogen and oxygen atoms in total. The molecular weight excluding hydrogens is 222 g/mol. The number of piperidine rings is 1. The zero-order valence-corrected chi connectivity index (χ0v) is 12.0. The molecule has 102 valence electrons. The van der Waals surface area contributed by atoms with Gasteiger partial charge in [0, 0.05) is 24.7 Å². The molecule has 1 saturated heterocycles. The molecule has 3 atom stereocenters. The van der Waals surface area contributed by atoms with E-state index in [9.17, 15) is 0 Å². The lowest BCUT2D eigenvalue weighted by Crippen LogP contribution is -2.39. The molecule has 1 aromatic heterocycles. The van der Waals surface area contributed by atoms with Gasteiger partial charge in [0.05, 0.1) is 5.69 Å². The van der Waals surface area contributed by atoms with Gasteiger partial charge in [0.1, 0.15) is 0 Å². The minimum absolute atomic E-state index is 0.515. The van der Waals surface area contributed by atoms with Crippen LogP contribution in [-0.4, -0.2) is 22.4 Å². The number of aromatic nitrogens is 2. The Morgan fingerprint density at radius 2 is 2.33 bits per heavy atom. The maximum atomic E-state index is 4.70. The molecule has 1 aromatic rings. The standard InChI is InChI=1S/C15H27N3/c1-4-12(3)18-9-7-14(17-18)11-15-10-13(5-2)6-8-16-15/h7,9,12-13,15-16H,4-6,8,10-11H2,1-3H3. The lowest BCUT2D eigenvalue weighted by atomic mass is 9.88. The predicted octanol–water partition coefficient (Wildman–Crippen LogP) is 3.17. The van der Waals surface area contributed by atoms with Crippen LogP contribution in [-0.2, 0) is 6.42 Å². The highest BCUT2D eigenvalue weighted by atomic mass is 15.3. The molecule has 0 amide bonds. The summed E-state index contributed by atoms with van der Waals surface area (Å²) in [4.78, 5) is 0. The van der Waals surface area contributed by atoms with E-state index in [0.717, 1.165) is 18.8 Å². The van der Waals surface area contributed by atoms with Crippen molar-refractivity contribution in [2.75, 3.05) is 6.54 Å².